The van der Waals surface area contributed by atoms with Crippen LogP contribution in [0.3, 0.4) is 0 Å². The number of aromatic nitrogens is 4. The van der Waals surface area contributed by atoms with Crippen LogP contribution in [0.4, 0.5) is 24.5 Å². The highest BCUT2D eigenvalue weighted by atomic mass is 35.5. The van der Waals surface area contributed by atoms with E-state index < -0.39 is 48.7 Å². The van der Waals surface area contributed by atoms with Crippen LogP contribution in [-0.4, -0.2) is 36.8 Å². The van der Waals surface area contributed by atoms with Crippen LogP contribution in [0.2, 0.25) is 10.2 Å². The third-order valence-electron chi connectivity index (χ3n) is 7.16. The number of H-pyrrole nitrogens is 2. The van der Waals surface area contributed by atoms with E-state index in [0.29, 0.717) is 29.1 Å². The molecule has 7 rings (SSSR count). The number of aromatic amines is 2. The molecule has 0 unspecified atom stereocenters. The van der Waals surface area contributed by atoms with E-state index in [1.165, 1.54) is 36.5 Å². The van der Waals surface area contributed by atoms with Crippen LogP contribution in [0.25, 0.3) is 22.1 Å². The predicted molar refractivity (Wildman–Crippen MR) is 173 cm³/mol. The lowest BCUT2D eigenvalue weighted by Gasteiger charge is -2.09. The smallest absolute Gasteiger partial charge is 0.264 e. The van der Waals surface area contributed by atoms with Crippen molar-refractivity contribution in [3.8, 4) is 6.07 Å². The summed E-state index contributed by atoms with van der Waals surface area (Å²) in [5.74, 6) is -2.37. The Hall–Kier alpha value is -4.82. The molecule has 1 aliphatic carbocycles. The van der Waals surface area contributed by atoms with E-state index in [0.717, 1.165) is 30.8 Å². The lowest BCUT2D eigenvalue weighted by atomic mass is 10.2. The molecule has 2 aromatic carbocycles. The van der Waals surface area contributed by atoms with Crippen LogP contribution in [0.1, 0.15) is 30.0 Å². The molecule has 4 heterocycles. The molecule has 1 fully saturated rings. The van der Waals surface area contributed by atoms with Crippen molar-refractivity contribution < 1.29 is 30.0 Å². The Bertz CT molecular complexity index is 2500. The molecule has 0 atom stereocenters. The lowest BCUT2D eigenvalue weighted by molar-refractivity contribution is 0.593. The first-order valence-corrected chi connectivity index (χ1v) is 17.5. The standard InChI is InChI=1S/C16H13ClFN3O2S.C14H7ClF2N4O2S/c17-10-3-5-14(12(18)7-10)21-24(22,23)15-8-19-16-11(15)4-6-13(20-16)9-1-2-9;15-13-2-1-8-12(6-19-14(8)20-13)24(22,23)21-11-4-9(16)7(5-18)3-10(11)17/h3-9,21H,1-2H2,(H,19,20);1-4,6,21H,(H,19,20). The Labute approximate surface area is 280 Å². The Morgan fingerprint density at radius 3 is 1.94 bits per heavy atom. The zero-order valence-electron chi connectivity index (χ0n) is 24.0. The number of halogens is 5. The molecule has 4 aromatic heterocycles. The monoisotopic (exact) mass is 733 g/mol. The minimum Gasteiger partial charge on any atom is -0.345 e. The number of anilines is 2. The highest BCUT2D eigenvalue weighted by molar-refractivity contribution is 7.93. The topological polar surface area (TPSA) is 173 Å². The maximum Gasteiger partial charge on any atom is 0.264 e. The van der Waals surface area contributed by atoms with Crippen molar-refractivity contribution in [2.24, 2.45) is 0 Å². The lowest BCUT2D eigenvalue weighted by Crippen LogP contribution is -2.14. The maximum atomic E-state index is 13.9. The van der Waals surface area contributed by atoms with E-state index in [9.17, 15) is 30.0 Å². The van der Waals surface area contributed by atoms with Crippen molar-refractivity contribution in [3.05, 3.63) is 106 Å². The number of fused-ring (bicyclic) bond motifs is 2. The molecule has 0 spiro atoms. The molecule has 0 bridgehead atoms. The Kier molecular flexibility index (Phi) is 8.73. The number of nitrogens with zero attached hydrogens (tertiary/aromatic N) is 3. The number of benzene rings is 2. The summed E-state index contributed by atoms with van der Waals surface area (Å²) in [7, 11) is -8.18. The van der Waals surface area contributed by atoms with Gasteiger partial charge in [0.15, 0.2) is 0 Å². The minimum absolute atomic E-state index is 0.0293. The van der Waals surface area contributed by atoms with Crippen molar-refractivity contribution >= 4 is 76.7 Å². The summed E-state index contributed by atoms with van der Waals surface area (Å²) in [6, 6.07) is 12.9. The van der Waals surface area contributed by atoms with Crippen molar-refractivity contribution in [1.29, 1.82) is 5.26 Å². The molecule has 0 amide bonds. The molecule has 0 aliphatic heterocycles. The predicted octanol–water partition coefficient (Wildman–Crippen LogP) is 7.20. The largest absolute Gasteiger partial charge is 0.345 e. The number of nitriles is 1. The van der Waals surface area contributed by atoms with Gasteiger partial charge in [-0.15, -0.1) is 0 Å². The molecular formula is C30H20Cl2F3N7O4S2. The summed E-state index contributed by atoms with van der Waals surface area (Å²) >= 11 is 11.4. The SMILES string of the molecule is N#Cc1cc(F)c(NS(=O)(=O)c2c[nH]c3nc(Cl)ccc23)cc1F.O=S(=O)(Nc1ccc(Cl)cc1F)c1c[nH]c2nc(C3CC3)ccc12. The first-order chi connectivity index (χ1) is 22.8. The van der Waals surface area contributed by atoms with Gasteiger partial charge in [0.25, 0.3) is 20.0 Å². The second kappa shape index (κ2) is 12.7. The molecule has 0 radical (unpaired) electrons. The third kappa shape index (κ3) is 6.76. The average Bonchev–Trinajstić information content (AvgIpc) is 3.64. The van der Waals surface area contributed by atoms with Gasteiger partial charge >= 0.3 is 0 Å². The van der Waals surface area contributed by atoms with Gasteiger partial charge in [-0.25, -0.2) is 40.0 Å². The van der Waals surface area contributed by atoms with Crippen LogP contribution >= 0.6 is 23.2 Å². The molecule has 6 aromatic rings. The summed E-state index contributed by atoms with van der Waals surface area (Å²) in [6.45, 7) is 0. The zero-order chi connectivity index (χ0) is 34.4. The fourth-order valence-corrected chi connectivity index (χ4v) is 7.45. The number of pyridine rings is 2. The molecule has 18 heteroatoms. The van der Waals surface area contributed by atoms with E-state index in [1.807, 2.05) is 10.8 Å². The van der Waals surface area contributed by atoms with Gasteiger partial charge in [-0.1, -0.05) is 23.2 Å². The van der Waals surface area contributed by atoms with Crippen molar-refractivity contribution in [3.63, 3.8) is 0 Å². The van der Waals surface area contributed by atoms with Crippen LogP contribution < -0.4 is 9.44 Å². The fourth-order valence-electron chi connectivity index (χ4n) is 4.68. The van der Waals surface area contributed by atoms with Gasteiger partial charge in [0.2, 0.25) is 0 Å². The quantitative estimate of drug-likeness (QED) is 0.126. The first-order valence-electron chi connectivity index (χ1n) is 13.8. The normalized spacial score (nSPS) is 13.2. The summed E-state index contributed by atoms with van der Waals surface area (Å²) in [4.78, 5) is 13.7. The van der Waals surface area contributed by atoms with Gasteiger partial charge in [0, 0.05) is 45.9 Å². The summed E-state index contributed by atoms with van der Waals surface area (Å²) in [5.41, 5.74) is 0.413. The van der Waals surface area contributed by atoms with Gasteiger partial charge in [0.1, 0.15) is 49.8 Å². The zero-order valence-corrected chi connectivity index (χ0v) is 27.2. The minimum atomic E-state index is -4.22. The van der Waals surface area contributed by atoms with E-state index in [2.05, 4.69) is 24.7 Å². The summed E-state index contributed by atoms with van der Waals surface area (Å²) in [5, 5.41) is 9.71. The molecule has 246 valence electrons. The Morgan fingerprint density at radius 2 is 1.33 bits per heavy atom. The van der Waals surface area contributed by atoms with E-state index >= 15 is 0 Å². The number of hydrogen-bond donors (Lipinski definition) is 4. The maximum absolute atomic E-state index is 13.9. The third-order valence-corrected chi connectivity index (χ3v) is 10.4. The highest BCUT2D eigenvalue weighted by Gasteiger charge is 2.27. The second-order valence-electron chi connectivity index (χ2n) is 10.5. The molecule has 0 saturated heterocycles. The van der Waals surface area contributed by atoms with Crippen LogP contribution in [0.5, 0.6) is 0 Å². The Morgan fingerprint density at radius 1 is 0.750 bits per heavy atom. The van der Waals surface area contributed by atoms with Crippen LogP contribution in [-0.2, 0) is 20.0 Å². The van der Waals surface area contributed by atoms with Crippen LogP contribution in [0, 0.1) is 28.8 Å². The molecule has 48 heavy (non-hydrogen) atoms. The summed E-state index contributed by atoms with van der Waals surface area (Å²) in [6.07, 6.45) is 4.75. The number of sulfonamides is 2. The number of rotatable bonds is 7. The first kappa shape index (κ1) is 33.1. The fraction of sp³-hybridized carbons (Fsp3) is 0.100. The summed E-state index contributed by atoms with van der Waals surface area (Å²) < 4.78 is 95.6. The van der Waals surface area contributed by atoms with E-state index in [-0.39, 0.29) is 36.7 Å². The molecular weight excluding hydrogens is 714 g/mol. The molecule has 11 nitrogen and oxygen atoms in total. The Balaban J connectivity index is 0.000000167. The second-order valence-corrected chi connectivity index (χ2v) is 14.6. The van der Waals surface area contributed by atoms with Crippen molar-refractivity contribution in [2.75, 3.05) is 9.44 Å². The molecule has 1 saturated carbocycles. The van der Waals surface area contributed by atoms with Crippen molar-refractivity contribution in [2.45, 2.75) is 28.6 Å². The van der Waals surface area contributed by atoms with Gasteiger partial charge in [0.05, 0.1) is 16.9 Å². The highest BCUT2D eigenvalue weighted by Crippen LogP contribution is 2.40. The van der Waals surface area contributed by atoms with Gasteiger partial charge in [-0.2, -0.15) is 5.26 Å². The van der Waals surface area contributed by atoms with Gasteiger partial charge < -0.3 is 9.97 Å². The van der Waals surface area contributed by atoms with E-state index in [4.69, 9.17) is 28.5 Å². The molecule has 1 aliphatic rings. The number of hydrogen-bond acceptors (Lipinski definition) is 7. The van der Waals surface area contributed by atoms with Crippen LogP contribution in [0.15, 0.2) is 76.8 Å². The van der Waals surface area contributed by atoms with Crippen molar-refractivity contribution in [1.82, 2.24) is 19.9 Å². The number of nitrogens with one attached hydrogen (secondary N) is 4. The van der Waals surface area contributed by atoms with Gasteiger partial charge in [-0.05, 0) is 61.4 Å². The average molecular weight is 735 g/mol. The molecule has 4 N–H and O–H groups in total. The van der Waals surface area contributed by atoms with E-state index in [1.54, 1.807) is 6.07 Å². The van der Waals surface area contributed by atoms with Gasteiger partial charge in [-0.3, -0.25) is 9.44 Å².